The van der Waals surface area contributed by atoms with Crippen molar-refractivity contribution in [2.45, 2.75) is 0 Å². The van der Waals surface area contributed by atoms with Crippen molar-refractivity contribution in [3.8, 4) is 28.4 Å². The normalized spacial score (nSPS) is 10.9. The van der Waals surface area contributed by atoms with Crippen LogP contribution in [0.15, 0.2) is 70.3 Å². The van der Waals surface area contributed by atoms with Gasteiger partial charge in [0.05, 0.1) is 23.9 Å². The molecule has 7 nitrogen and oxygen atoms in total. The highest BCUT2D eigenvalue weighted by atomic mass is 16.5. The predicted molar refractivity (Wildman–Crippen MR) is 102 cm³/mol. The maximum absolute atomic E-state index is 12.5. The highest BCUT2D eigenvalue weighted by Crippen LogP contribution is 2.28. The van der Waals surface area contributed by atoms with Gasteiger partial charge in [-0.2, -0.15) is 0 Å². The Balaban J connectivity index is 2.03. The van der Waals surface area contributed by atoms with Crippen LogP contribution >= 0.6 is 0 Å². The molecule has 2 N–H and O–H groups in total. The maximum atomic E-state index is 12.5. The maximum Gasteiger partial charge on any atom is 0.334 e. The minimum Gasteiger partial charge on any atom is -0.507 e. The van der Waals surface area contributed by atoms with Gasteiger partial charge in [0.2, 0.25) is 0 Å². The SMILES string of the molecule is COc1ccc(-n2c(=O)[nH]c(=O)c3ccc(-c4ccccc4O)nc32)cc1. The van der Waals surface area contributed by atoms with Gasteiger partial charge in [0.1, 0.15) is 11.5 Å². The van der Waals surface area contributed by atoms with E-state index in [2.05, 4.69) is 9.97 Å². The zero-order valence-corrected chi connectivity index (χ0v) is 14.3. The van der Waals surface area contributed by atoms with Crippen molar-refractivity contribution < 1.29 is 9.84 Å². The molecule has 0 atom stereocenters. The smallest absolute Gasteiger partial charge is 0.334 e. The summed E-state index contributed by atoms with van der Waals surface area (Å²) in [4.78, 5) is 31.5. The topological polar surface area (TPSA) is 97.2 Å². The molecule has 0 amide bonds. The standard InChI is InChI=1S/C20H15N3O4/c1-27-13-8-6-12(7-9-13)23-18-15(19(25)22-20(23)26)10-11-16(21-18)14-4-2-3-5-17(14)24/h2-11,24H,1H3,(H,22,25,26). The number of hydrogen-bond acceptors (Lipinski definition) is 5. The summed E-state index contributed by atoms with van der Waals surface area (Å²) in [5, 5.41) is 10.4. The van der Waals surface area contributed by atoms with E-state index in [9.17, 15) is 14.7 Å². The number of ether oxygens (including phenoxy) is 1. The molecule has 0 aliphatic carbocycles. The van der Waals surface area contributed by atoms with Gasteiger partial charge in [0.15, 0.2) is 5.65 Å². The van der Waals surface area contributed by atoms with Crippen molar-refractivity contribution in [3.05, 3.63) is 81.5 Å². The summed E-state index contributed by atoms with van der Waals surface area (Å²) in [7, 11) is 1.55. The molecule has 7 heteroatoms. The van der Waals surface area contributed by atoms with E-state index in [0.717, 1.165) is 0 Å². The summed E-state index contributed by atoms with van der Waals surface area (Å²) in [5.74, 6) is 0.705. The third-order valence-electron chi connectivity index (χ3n) is 4.27. The molecule has 0 spiro atoms. The lowest BCUT2D eigenvalue weighted by atomic mass is 10.1. The molecule has 0 bridgehead atoms. The van der Waals surface area contributed by atoms with Crippen LogP contribution in [-0.4, -0.2) is 26.8 Å². The first-order valence-corrected chi connectivity index (χ1v) is 8.17. The minimum atomic E-state index is -0.598. The molecule has 0 fully saturated rings. The number of rotatable bonds is 3. The van der Waals surface area contributed by atoms with E-state index in [-0.39, 0.29) is 16.8 Å². The van der Waals surface area contributed by atoms with Crippen LogP contribution < -0.4 is 16.0 Å². The van der Waals surface area contributed by atoms with Crippen LogP contribution in [0.4, 0.5) is 0 Å². The molecule has 0 radical (unpaired) electrons. The lowest BCUT2D eigenvalue weighted by molar-refractivity contribution is 0.414. The van der Waals surface area contributed by atoms with Crippen LogP contribution in [0.2, 0.25) is 0 Å². The number of hydrogen-bond donors (Lipinski definition) is 2. The van der Waals surface area contributed by atoms with Gasteiger partial charge in [-0.15, -0.1) is 0 Å². The minimum absolute atomic E-state index is 0.0625. The van der Waals surface area contributed by atoms with E-state index in [1.54, 1.807) is 67.8 Å². The Kier molecular flexibility index (Phi) is 3.97. The number of aromatic nitrogens is 3. The van der Waals surface area contributed by atoms with Crippen LogP contribution in [-0.2, 0) is 0 Å². The van der Waals surface area contributed by atoms with E-state index in [1.807, 2.05) is 0 Å². The van der Waals surface area contributed by atoms with E-state index in [0.29, 0.717) is 22.7 Å². The molecule has 4 rings (SSSR count). The van der Waals surface area contributed by atoms with Gasteiger partial charge in [-0.05, 0) is 48.5 Å². The average molecular weight is 361 g/mol. The third-order valence-corrected chi connectivity index (χ3v) is 4.27. The molecule has 0 saturated heterocycles. The van der Waals surface area contributed by atoms with Crippen LogP contribution in [0.25, 0.3) is 28.0 Å². The van der Waals surface area contributed by atoms with Gasteiger partial charge >= 0.3 is 5.69 Å². The number of phenolic OH excluding ortho intramolecular Hbond substituents is 1. The highest BCUT2D eigenvalue weighted by Gasteiger charge is 2.13. The zero-order valence-electron chi connectivity index (χ0n) is 14.3. The second kappa shape index (κ2) is 6.45. The Hall–Kier alpha value is -3.87. The van der Waals surface area contributed by atoms with Crippen molar-refractivity contribution in [1.82, 2.24) is 14.5 Å². The molecule has 0 aliphatic rings. The Bertz CT molecular complexity index is 1260. The third kappa shape index (κ3) is 2.85. The number of pyridine rings is 1. The summed E-state index contributed by atoms with van der Waals surface area (Å²) >= 11 is 0. The van der Waals surface area contributed by atoms with Crippen LogP contribution in [0.5, 0.6) is 11.5 Å². The average Bonchev–Trinajstić information content (AvgIpc) is 2.68. The van der Waals surface area contributed by atoms with E-state index in [1.165, 1.54) is 4.57 Å². The number of phenols is 1. The summed E-state index contributed by atoms with van der Waals surface area (Å²) in [6.07, 6.45) is 0. The number of para-hydroxylation sites is 1. The Morgan fingerprint density at radius 2 is 1.74 bits per heavy atom. The predicted octanol–water partition coefficient (Wildman–Crippen LogP) is 2.46. The first-order chi connectivity index (χ1) is 13.1. The first kappa shape index (κ1) is 16.6. The molecule has 2 aromatic carbocycles. The molecular weight excluding hydrogens is 346 g/mol. The molecule has 134 valence electrons. The zero-order chi connectivity index (χ0) is 19.0. The summed E-state index contributed by atoms with van der Waals surface area (Å²) in [6, 6.07) is 16.8. The number of nitrogens with zero attached hydrogens (tertiary/aromatic N) is 2. The molecule has 0 aliphatic heterocycles. The summed E-state index contributed by atoms with van der Waals surface area (Å²) in [6.45, 7) is 0. The van der Waals surface area contributed by atoms with Gasteiger partial charge in [0, 0.05) is 5.56 Å². The van der Waals surface area contributed by atoms with Gasteiger partial charge in [-0.1, -0.05) is 12.1 Å². The molecule has 2 aromatic heterocycles. The molecular formula is C20H15N3O4. The van der Waals surface area contributed by atoms with Crippen molar-refractivity contribution in [2.75, 3.05) is 7.11 Å². The molecule has 0 saturated carbocycles. The number of aromatic amines is 1. The number of benzene rings is 2. The van der Waals surface area contributed by atoms with Crippen molar-refractivity contribution in [1.29, 1.82) is 0 Å². The number of nitrogens with one attached hydrogen (secondary N) is 1. The molecule has 27 heavy (non-hydrogen) atoms. The van der Waals surface area contributed by atoms with Crippen LogP contribution in [0.1, 0.15) is 0 Å². The number of H-pyrrole nitrogens is 1. The summed E-state index contributed by atoms with van der Waals surface area (Å²) in [5.41, 5.74) is 0.579. The lowest BCUT2D eigenvalue weighted by Crippen LogP contribution is -2.29. The van der Waals surface area contributed by atoms with Gasteiger partial charge in [0.25, 0.3) is 5.56 Å². The number of aromatic hydroxyl groups is 1. The van der Waals surface area contributed by atoms with Crippen molar-refractivity contribution in [3.63, 3.8) is 0 Å². The van der Waals surface area contributed by atoms with Crippen molar-refractivity contribution >= 4 is 11.0 Å². The fraction of sp³-hybridized carbons (Fsp3) is 0.0500. The van der Waals surface area contributed by atoms with E-state index >= 15 is 0 Å². The van der Waals surface area contributed by atoms with Crippen molar-refractivity contribution in [2.24, 2.45) is 0 Å². The monoisotopic (exact) mass is 361 g/mol. The Labute approximate surface area is 153 Å². The van der Waals surface area contributed by atoms with Gasteiger partial charge < -0.3 is 9.84 Å². The van der Waals surface area contributed by atoms with Crippen LogP contribution in [0, 0.1) is 0 Å². The molecule has 0 unspecified atom stereocenters. The number of fused-ring (bicyclic) bond motifs is 1. The highest BCUT2D eigenvalue weighted by molar-refractivity contribution is 5.80. The lowest BCUT2D eigenvalue weighted by Gasteiger charge is -2.11. The number of methoxy groups -OCH3 is 1. The Morgan fingerprint density at radius 3 is 2.44 bits per heavy atom. The van der Waals surface area contributed by atoms with E-state index < -0.39 is 11.2 Å². The fourth-order valence-electron chi connectivity index (χ4n) is 2.92. The molecule has 4 aromatic rings. The van der Waals surface area contributed by atoms with E-state index in [4.69, 9.17) is 4.74 Å². The van der Waals surface area contributed by atoms with Gasteiger partial charge in [-0.3, -0.25) is 9.78 Å². The summed E-state index contributed by atoms with van der Waals surface area (Å²) < 4.78 is 6.46. The largest absolute Gasteiger partial charge is 0.507 e. The Morgan fingerprint density at radius 1 is 1.00 bits per heavy atom. The quantitative estimate of drug-likeness (QED) is 0.584. The van der Waals surface area contributed by atoms with Gasteiger partial charge in [-0.25, -0.2) is 14.3 Å². The van der Waals surface area contributed by atoms with Crippen LogP contribution in [0.3, 0.4) is 0 Å². The second-order valence-electron chi connectivity index (χ2n) is 5.88. The first-order valence-electron chi connectivity index (χ1n) is 8.17. The fourth-order valence-corrected chi connectivity index (χ4v) is 2.92. The second-order valence-corrected chi connectivity index (χ2v) is 5.88. The molecule has 2 heterocycles.